The molecule has 166 valence electrons. The lowest BCUT2D eigenvalue weighted by Gasteiger charge is -2.38. The molecular weight excluding hydrogens is 403 g/mol. The zero-order valence-corrected chi connectivity index (χ0v) is 18.7. The predicted molar refractivity (Wildman–Crippen MR) is 126 cm³/mol. The maximum absolute atomic E-state index is 14.1. The summed E-state index contributed by atoms with van der Waals surface area (Å²) in [6, 6.07) is 10.8. The van der Waals surface area contributed by atoms with E-state index in [0.29, 0.717) is 6.04 Å². The highest BCUT2D eigenvalue weighted by molar-refractivity contribution is 5.99. The van der Waals surface area contributed by atoms with E-state index in [2.05, 4.69) is 56.4 Å². The minimum absolute atomic E-state index is 0.00652. The Balaban J connectivity index is 1.32. The van der Waals surface area contributed by atoms with Gasteiger partial charge in [0.25, 0.3) is 0 Å². The number of piperidine rings is 1. The molecule has 2 aliphatic rings. The number of benzene rings is 1. The zero-order chi connectivity index (χ0) is 22.1. The van der Waals surface area contributed by atoms with E-state index in [0.717, 1.165) is 66.9 Å². The monoisotopic (exact) mass is 432 g/mol. The summed E-state index contributed by atoms with van der Waals surface area (Å²) in [6.07, 6.45) is 10.1. The highest BCUT2D eigenvalue weighted by Gasteiger charge is 2.27. The second-order valence-corrected chi connectivity index (χ2v) is 8.83. The van der Waals surface area contributed by atoms with Crippen molar-refractivity contribution >= 4 is 16.6 Å². The van der Waals surface area contributed by atoms with Gasteiger partial charge in [0.05, 0.1) is 5.69 Å². The van der Waals surface area contributed by atoms with Gasteiger partial charge in [0.1, 0.15) is 11.5 Å². The molecule has 3 heterocycles. The van der Waals surface area contributed by atoms with Crippen LogP contribution >= 0.6 is 0 Å². The van der Waals surface area contributed by atoms with Crippen molar-refractivity contribution in [1.82, 2.24) is 24.9 Å². The summed E-state index contributed by atoms with van der Waals surface area (Å²) in [5, 5.41) is 15.8. The van der Waals surface area contributed by atoms with Crippen molar-refractivity contribution in [3.05, 3.63) is 60.6 Å². The Hall–Kier alpha value is -3.06. The third kappa shape index (κ3) is 3.93. The maximum Gasteiger partial charge on any atom is 0.159 e. The number of nitrogens with zero attached hydrogens (tertiary/aromatic N) is 6. The number of hydrogen-bond donors (Lipinski definition) is 0. The van der Waals surface area contributed by atoms with E-state index in [1.165, 1.54) is 0 Å². The number of aromatic nitrogens is 4. The van der Waals surface area contributed by atoms with E-state index in [1.807, 2.05) is 29.9 Å². The van der Waals surface area contributed by atoms with Gasteiger partial charge < -0.3 is 9.80 Å². The van der Waals surface area contributed by atoms with Crippen molar-refractivity contribution in [2.75, 3.05) is 31.6 Å². The Morgan fingerprint density at radius 3 is 2.59 bits per heavy atom. The maximum atomic E-state index is 14.1. The molecule has 0 saturated carbocycles. The first-order chi connectivity index (χ1) is 15.6. The number of fused-ring (bicyclic) bond motifs is 1. The number of hydrogen-bond acceptors (Lipinski definition) is 5. The van der Waals surface area contributed by atoms with Crippen molar-refractivity contribution in [3.63, 3.8) is 0 Å². The number of aryl methyl sites for hydroxylation is 1. The third-order valence-electron chi connectivity index (χ3n) is 6.83. The van der Waals surface area contributed by atoms with Gasteiger partial charge in [-0.1, -0.05) is 36.4 Å². The zero-order valence-electron chi connectivity index (χ0n) is 18.7. The van der Waals surface area contributed by atoms with Crippen molar-refractivity contribution in [3.8, 4) is 11.4 Å². The van der Waals surface area contributed by atoms with Crippen molar-refractivity contribution < 1.29 is 4.39 Å². The third-order valence-corrected chi connectivity index (χ3v) is 6.83. The molecule has 7 heteroatoms. The van der Waals surface area contributed by atoms with Crippen LogP contribution in [0.15, 0.2) is 60.6 Å². The van der Waals surface area contributed by atoms with Crippen molar-refractivity contribution in [1.29, 1.82) is 0 Å². The smallest absolute Gasteiger partial charge is 0.159 e. The largest absolute Gasteiger partial charge is 0.354 e. The number of rotatable bonds is 5. The normalized spacial score (nSPS) is 19.7. The molecule has 2 aromatic heterocycles. The molecule has 0 spiro atoms. The van der Waals surface area contributed by atoms with Crippen LogP contribution in [0.25, 0.3) is 22.2 Å². The second-order valence-electron chi connectivity index (χ2n) is 8.83. The van der Waals surface area contributed by atoms with Crippen LogP contribution in [-0.4, -0.2) is 57.6 Å². The first-order valence-electron chi connectivity index (χ1n) is 11.3. The summed E-state index contributed by atoms with van der Waals surface area (Å²) in [5.74, 6) is 0.934. The van der Waals surface area contributed by atoms with E-state index in [-0.39, 0.29) is 11.7 Å². The van der Waals surface area contributed by atoms with Crippen LogP contribution in [0.5, 0.6) is 0 Å². The molecule has 1 atom stereocenters. The highest BCUT2D eigenvalue weighted by Crippen LogP contribution is 2.33. The van der Waals surface area contributed by atoms with Gasteiger partial charge in [-0.2, -0.15) is 5.10 Å². The van der Waals surface area contributed by atoms with E-state index in [9.17, 15) is 4.39 Å². The van der Waals surface area contributed by atoms with E-state index >= 15 is 0 Å². The SMILES string of the molecule is CN(CC1CC=CC=C1F)C1CCN(c2nnc(-c3ccnn3C)c3ccccc23)CC1. The molecule has 6 nitrogen and oxygen atoms in total. The molecular formula is C25H29FN6. The predicted octanol–water partition coefficient (Wildman–Crippen LogP) is 4.36. The summed E-state index contributed by atoms with van der Waals surface area (Å²) in [7, 11) is 4.05. The summed E-state index contributed by atoms with van der Waals surface area (Å²) in [6.45, 7) is 2.60. The van der Waals surface area contributed by atoms with Crippen molar-refractivity contribution in [2.24, 2.45) is 13.0 Å². The van der Waals surface area contributed by atoms with Gasteiger partial charge in [-0.05, 0) is 38.5 Å². The average Bonchev–Trinajstić information content (AvgIpc) is 3.25. The van der Waals surface area contributed by atoms with Crippen LogP contribution in [0.3, 0.4) is 0 Å². The van der Waals surface area contributed by atoms with Crippen LogP contribution in [-0.2, 0) is 7.05 Å². The fourth-order valence-corrected chi connectivity index (χ4v) is 4.95. The van der Waals surface area contributed by atoms with Gasteiger partial charge in [-0.15, -0.1) is 10.2 Å². The molecule has 0 bridgehead atoms. The van der Waals surface area contributed by atoms with Gasteiger partial charge in [0, 0.05) is 55.6 Å². The van der Waals surface area contributed by atoms with Crippen LogP contribution < -0.4 is 4.90 Å². The average molecular weight is 433 g/mol. The molecule has 32 heavy (non-hydrogen) atoms. The van der Waals surface area contributed by atoms with E-state index in [1.54, 1.807) is 12.3 Å². The lowest BCUT2D eigenvalue weighted by molar-refractivity contribution is 0.180. The lowest BCUT2D eigenvalue weighted by Crippen LogP contribution is -2.45. The van der Waals surface area contributed by atoms with Crippen molar-refractivity contribution in [2.45, 2.75) is 25.3 Å². The molecule has 1 saturated heterocycles. The first-order valence-corrected chi connectivity index (χ1v) is 11.3. The van der Waals surface area contributed by atoms with Gasteiger partial charge in [0.2, 0.25) is 0 Å². The fraction of sp³-hybridized carbons (Fsp3) is 0.400. The molecule has 0 amide bonds. The lowest BCUT2D eigenvalue weighted by atomic mass is 9.96. The topological polar surface area (TPSA) is 50.1 Å². The summed E-state index contributed by atoms with van der Waals surface area (Å²) >= 11 is 0. The Labute approximate surface area is 188 Å². The quantitative estimate of drug-likeness (QED) is 0.600. The minimum Gasteiger partial charge on any atom is -0.354 e. The minimum atomic E-state index is -0.0163. The molecule has 5 rings (SSSR count). The number of allylic oxidation sites excluding steroid dienone is 3. The summed E-state index contributed by atoms with van der Waals surface area (Å²) < 4.78 is 16.0. The van der Waals surface area contributed by atoms with E-state index < -0.39 is 0 Å². The Bertz CT molecular complexity index is 1160. The molecule has 1 fully saturated rings. The van der Waals surface area contributed by atoms with Crippen LogP contribution in [0.2, 0.25) is 0 Å². The van der Waals surface area contributed by atoms with Gasteiger partial charge in [0.15, 0.2) is 5.82 Å². The van der Waals surface area contributed by atoms with Crippen LogP contribution in [0.4, 0.5) is 10.2 Å². The van der Waals surface area contributed by atoms with Gasteiger partial charge >= 0.3 is 0 Å². The molecule has 1 aromatic carbocycles. The van der Waals surface area contributed by atoms with Gasteiger partial charge in [-0.25, -0.2) is 4.39 Å². The Morgan fingerprint density at radius 2 is 1.88 bits per heavy atom. The fourth-order valence-electron chi connectivity index (χ4n) is 4.95. The molecule has 0 radical (unpaired) electrons. The highest BCUT2D eigenvalue weighted by atomic mass is 19.1. The molecule has 1 unspecified atom stereocenters. The molecule has 0 N–H and O–H groups in total. The Morgan fingerprint density at radius 1 is 1.09 bits per heavy atom. The number of halogens is 1. The first kappa shape index (κ1) is 20.8. The van der Waals surface area contributed by atoms with Gasteiger partial charge in [-0.3, -0.25) is 4.68 Å². The molecule has 1 aliphatic heterocycles. The van der Waals surface area contributed by atoms with E-state index in [4.69, 9.17) is 0 Å². The summed E-state index contributed by atoms with van der Waals surface area (Å²) in [4.78, 5) is 4.68. The molecule has 3 aromatic rings. The Kier molecular flexibility index (Phi) is 5.74. The second kappa shape index (κ2) is 8.82. The number of anilines is 1. The summed E-state index contributed by atoms with van der Waals surface area (Å²) in [5.41, 5.74) is 1.81. The standard InChI is InChI=1S/C25H29FN6/c1-30(17-18-7-3-6-10-22(18)26)19-12-15-32(16-13-19)25-21-9-5-4-8-20(21)24(28-29-25)23-11-14-27-31(23)2/h3-6,8-11,14,18-19H,7,12-13,15-17H2,1-2H3. The molecule has 1 aliphatic carbocycles. The van der Waals surface area contributed by atoms with Crippen LogP contribution in [0.1, 0.15) is 19.3 Å². The van der Waals surface area contributed by atoms with Crippen LogP contribution in [0, 0.1) is 5.92 Å².